The predicted molar refractivity (Wildman–Crippen MR) is 107 cm³/mol. The number of imide groups is 1. The summed E-state index contributed by atoms with van der Waals surface area (Å²) in [5.74, 6) is -2.26. The first kappa shape index (κ1) is 20.0. The Morgan fingerprint density at radius 3 is 2.57 bits per heavy atom. The second-order valence-electron chi connectivity index (χ2n) is 6.90. The summed E-state index contributed by atoms with van der Waals surface area (Å²) in [5.41, 5.74) is 1.89. The second kappa shape index (κ2) is 7.83. The molecule has 154 valence electrons. The van der Waals surface area contributed by atoms with Crippen molar-refractivity contribution in [3.8, 4) is 0 Å². The number of hydrogen-bond donors (Lipinski definition) is 1. The third-order valence-electron chi connectivity index (χ3n) is 4.97. The Bertz CT molecular complexity index is 1060. The zero-order valence-corrected chi connectivity index (χ0v) is 16.6. The largest absolute Gasteiger partial charge is 0.324 e. The maximum Gasteiger partial charge on any atom is 0.263 e. The molecule has 1 N–H and O–H groups in total. The highest BCUT2D eigenvalue weighted by Gasteiger charge is 2.55. The molecule has 2 heterocycles. The molecule has 10 heteroatoms. The number of amides is 3. The van der Waals surface area contributed by atoms with Gasteiger partial charge in [0, 0.05) is 5.69 Å². The smallest absolute Gasteiger partial charge is 0.263 e. The number of aryl methyl sites for hydroxylation is 1. The molecule has 4 rings (SSSR count). The predicted octanol–water partition coefficient (Wildman–Crippen LogP) is 2.97. The first-order valence-electron chi connectivity index (χ1n) is 9.28. The SMILES string of the molecule is CCc1ccc(NC(=O)CN2N=NC3C(=O)N(c4ccc(F)c(Cl)c4)C(=O)C32)cc1. The monoisotopic (exact) mass is 429 g/mol. The maximum atomic E-state index is 13.4. The van der Waals surface area contributed by atoms with Crippen LogP contribution in [0.3, 0.4) is 0 Å². The standard InChI is InChI=1S/C20H17ClFN5O3/c1-2-11-3-5-12(6-4-11)23-16(28)10-26-18-17(24-25-26)19(29)27(20(18)30)13-7-8-15(22)14(21)9-13/h3-9,17-18H,2,10H2,1H3,(H,23,28). The van der Waals surface area contributed by atoms with Gasteiger partial charge in [0.25, 0.3) is 11.8 Å². The van der Waals surface area contributed by atoms with Gasteiger partial charge in [0.05, 0.1) is 10.7 Å². The molecule has 0 aliphatic carbocycles. The summed E-state index contributed by atoms with van der Waals surface area (Å²) in [5, 5.41) is 11.4. The fourth-order valence-electron chi connectivity index (χ4n) is 3.40. The van der Waals surface area contributed by atoms with Crippen molar-refractivity contribution in [2.75, 3.05) is 16.8 Å². The molecule has 2 atom stereocenters. The molecule has 2 aliphatic heterocycles. The molecule has 0 radical (unpaired) electrons. The number of nitrogens with one attached hydrogen (secondary N) is 1. The minimum atomic E-state index is -1.06. The van der Waals surface area contributed by atoms with Crippen LogP contribution in [-0.4, -0.2) is 41.4 Å². The molecule has 0 bridgehead atoms. The van der Waals surface area contributed by atoms with Gasteiger partial charge in [0.1, 0.15) is 12.4 Å². The number of rotatable bonds is 5. The molecule has 2 aromatic rings. The number of carbonyl (C=O) groups excluding carboxylic acids is 3. The highest BCUT2D eigenvalue weighted by Crippen LogP contribution is 2.33. The van der Waals surface area contributed by atoms with E-state index in [0.29, 0.717) is 5.69 Å². The quantitative estimate of drug-likeness (QED) is 0.739. The third kappa shape index (κ3) is 3.52. The molecule has 1 saturated heterocycles. The Balaban J connectivity index is 1.47. The van der Waals surface area contributed by atoms with Crippen molar-refractivity contribution in [2.45, 2.75) is 25.4 Å². The lowest BCUT2D eigenvalue weighted by Crippen LogP contribution is -2.43. The van der Waals surface area contributed by atoms with Crippen LogP contribution < -0.4 is 10.2 Å². The highest BCUT2D eigenvalue weighted by molar-refractivity contribution is 6.32. The summed E-state index contributed by atoms with van der Waals surface area (Å²) in [6, 6.07) is 8.85. The molecule has 2 aromatic carbocycles. The van der Waals surface area contributed by atoms with Gasteiger partial charge in [0.15, 0.2) is 12.1 Å². The molecule has 30 heavy (non-hydrogen) atoms. The maximum absolute atomic E-state index is 13.4. The lowest BCUT2D eigenvalue weighted by Gasteiger charge is -2.20. The lowest BCUT2D eigenvalue weighted by molar-refractivity contribution is -0.123. The average molecular weight is 430 g/mol. The summed E-state index contributed by atoms with van der Waals surface area (Å²) in [4.78, 5) is 38.9. The molecule has 0 aromatic heterocycles. The van der Waals surface area contributed by atoms with Crippen molar-refractivity contribution in [3.63, 3.8) is 0 Å². The Morgan fingerprint density at radius 2 is 1.90 bits per heavy atom. The van der Waals surface area contributed by atoms with Gasteiger partial charge in [-0.3, -0.25) is 19.4 Å². The van der Waals surface area contributed by atoms with Crippen LogP contribution >= 0.6 is 11.6 Å². The van der Waals surface area contributed by atoms with Gasteiger partial charge in [-0.05, 0) is 42.3 Å². The van der Waals surface area contributed by atoms with Crippen LogP contribution in [0.4, 0.5) is 15.8 Å². The summed E-state index contributed by atoms with van der Waals surface area (Å²) in [6.07, 6.45) is 0.886. The molecular formula is C20H17ClFN5O3. The zero-order chi connectivity index (χ0) is 21.4. The van der Waals surface area contributed by atoms with E-state index in [1.54, 1.807) is 12.1 Å². The number of carbonyl (C=O) groups is 3. The van der Waals surface area contributed by atoms with Crippen molar-refractivity contribution < 1.29 is 18.8 Å². The zero-order valence-electron chi connectivity index (χ0n) is 15.9. The molecular weight excluding hydrogens is 413 g/mol. The number of fused-ring (bicyclic) bond motifs is 1. The van der Waals surface area contributed by atoms with E-state index in [0.717, 1.165) is 23.0 Å². The van der Waals surface area contributed by atoms with Crippen LogP contribution in [0.15, 0.2) is 52.8 Å². The van der Waals surface area contributed by atoms with Crippen LogP contribution in [0.25, 0.3) is 0 Å². The van der Waals surface area contributed by atoms with Crippen LogP contribution in [0.5, 0.6) is 0 Å². The molecule has 1 fully saturated rings. The molecule has 3 amide bonds. The lowest BCUT2D eigenvalue weighted by atomic mass is 10.1. The molecule has 0 saturated carbocycles. The first-order valence-corrected chi connectivity index (χ1v) is 9.66. The van der Waals surface area contributed by atoms with Gasteiger partial charge in [-0.15, -0.1) is 0 Å². The van der Waals surface area contributed by atoms with Crippen LogP contribution in [0, 0.1) is 5.82 Å². The van der Waals surface area contributed by atoms with E-state index in [1.165, 1.54) is 17.1 Å². The van der Waals surface area contributed by atoms with E-state index in [1.807, 2.05) is 19.1 Å². The number of nitrogens with zero attached hydrogens (tertiary/aromatic N) is 4. The Morgan fingerprint density at radius 1 is 1.17 bits per heavy atom. The van der Waals surface area contributed by atoms with Gasteiger partial charge in [-0.1, -0.05) is 35.9 Å². The fraction of sp³-hybridized carbons (Fsp3) is 0.250. The van der Waals surface area contributed by atoms with E-state index < -0.39 is 35.6 Å². The third-order valence-corrected chi connectivity index (χ3v) is 5.26. The van der Waals surface area contributed by atoms with Crippen LogP contribution in [0.1, 0.15) is 12.5 Å². The molecule has 8 nitrogen and oxygen atoms in total. The number of benzene rings is 2. The van der Waals surface area contributed by atoms with Crippen molar-refractivity contribution in [3.05, 3.63) is 58.9 Å². The van der Waals surface area contributed by atoms with E-state index in [9.17, 15) is 18.8 Å². The van der Waals surface area contributed by atoms with Crippen molar-refractivity contribution >= 4 is 40.7 Å². The normalized spacial score (nSPS) is 20.1. The average Bonchev–Trinajstić information content (AvgIpc) is 3.24. The number of hydrogen-bond acceptors (Lipinski definition) is 6. The molecule has 2 aliphatic rings. The molecule has 0 spiro atoms. The fourth-order valence-corrected chi connectivity index (χ4v) is 3.58. The van der Waals surface area contributed by atoms with Crippen molar-refractivity contribution in [1.82, 2.24) is 5.01 Å². The summed E-state index contributed by atoms with van der Waals surface area (Å²) < 4.78 is 13.4. The van der Waals surface area contributed by atoms with Gasteiger partial charge in [-0.2, -0.15) is 5.11 Å². The minimum Gasteiger partial charge on any atom is -0.324 e. The van der Waals surface area contributed by atoms with Crippen molar-refractivity contribution in [2.24, 2.45) is 10.3 Å². The van der Waals surface area contributed by atoms with Crippen LogP contribution in [0.2, 0.25) is 5.02 Å². The minimum absolute atomic E-state index is 0.140. The van der Waals surface area contributed by atoms with Crippen LogP contribution in [-0.2, 0) is 20.8 Å². The van der Waals surface area contributed by atoms with Gasteiger partial charge < -0.3 is 5.32 Å². The Kier molecular flexibility index (Phi) is 5.21. The number of halogens is 2. The Hall–Kier alpha value is -3.33. The van der Waals surface area contributed by atoms with E-state index >= 15 is 0 Å². The highest BCUT2D eigenvalue weighted by atomic mass is 35.5. The first-order chi connectivity index (χ1) is 14.4. The second-order valence-corrected chi connectivity index (χ2v) is 7.31. The van der Waals surface area contributed by atoms with E-state index in [2.05, 4.69) is 15.7 Å². The summed E-state index contributed by atoms with van der Waals surface area (Å²) in [7, 11) is 0. The molecule has 2 unspecified atom stereocenters. The van der Waals surface area contributed by atoms with Crippen molar-refractivity contribution in [1.29, 1.82) is 0 Å². The van der Waals surface area contributed by atoms with Gasteiger partial charge >= 0.3 is 0 Å². The van der Waals surface area contributed by atoms with E-state index in [4.69, 9.17) is 11.6 Å². The van der Waals surface area contributed by atoms with Gasteiger partial charge in [0.2, 0.25) is 5.91 Å². The van der Waals surface area contributed by atoms with E-state index in [-0.39, 0.29) is 17.3 Å². The summed E-state index contributed by atoms with van der Waals surface area (Å²) in [6.45, 7) is 1.78. The topological polar surface area (TPSA) is 94.4 Å². The number of anilines is 2. The van der Waals surface area contributed by atoms with Gasteiger partial charge in [-0.25, -0.2) is 9.29 Å². The summed E-state index contributed by atoms with van der Waals surface area (Å²) >= 11 is 5.77. The Labute approximate surface area is 176 Å².